The van der Waals surface area contributed by atoms with E-state index in [1.165, 1.54) is 17.0 Å². The molecule has 1 heterocycles. The van der Waals surface area contributed by atoms with Crippen LogP contribution in [-0.4, -0.2) is 52.8 Å². The predicted molar refractivity (Wildman–Crippen MR) is 74.0 cm³/mol. The van der Waals surface area contributed by atoms with Crippen molar-refractivity contribution in [2.75, 3.05) is 26.8 Å². The summed E-state index contributed by atoms with van der Waals surface area (Å²) in [7, 11) is 1.55. The van der Waals surface area contributed by atoms with E-state index in [-0.39, 0.29) is 17.2 Å². The Morgan fingerprint density at radius 2 is 2.26 bits per heavy atom. The van der Waals surface area contributed by atoms with Crippen LogP contribution in [0.15, 0.2) is 16.9 Å². The Bertz CT molecular complexity index is 482. The second kappa shape index (κ2) is 7.59. The molecule has 104 valence electrons. The summed E-state index contributed by atoms with van der Waals surface area (Å²) in [5, 5.41) is 5.92. The number of amides is 1. The van der Waals surface area contributed by atoms with Gasteiger partial charge >= 0.3 is 0 Å². The van der Waals surface area contributed by atoms with Crippen molar-refractivity contribution < 1.29 is 9.53 Å². The molecule has 8 heteroatoms. The maximum atomic E-state index is 12.2. The Hall–Kier alpha value is -1.80. The van der Waals surface area contributed by atoms with E-state index < -0.39 is 0 Å². The van der Waals surface area contributed by atoms with Gasteiger partial charge < -0.3 is 15.4 Å². The third-order valence-electron chi connectivity index (χ3n) is 2.38. The fraction of sp³-hybridized carbons (Fsp3) is 0.455. The molecule has 1 aromatic rings. The smallest absolute Gasteiger partial charge is 0.274 e. The molecule has 0 radical (unpaired) electrons. The highest BCUT2D eigenvalue weighted by Gasteiger charge is 2.17. The van der Waals surface area contributed by atoms with Gasteiger partial charge in [-0.25, -0.2) is 5.10 Å². The van der Waals surface area contributed by atoms with E-state index in [0.29, 0.717) is 31.1 Å². The first kappa shape index (κ1) is 15.3. The zero-order valence-corrected chi connectivity index (χ0v) is 11.4. The van der Waals surface area contributed by atoms with Gasteiger partial charge in [0.25, 0.3) is 11.5 Å². The number of aromatic amines is 1. The van der Waals surface area contributed by atoms with Crippen molar-refractivity contribution in [2.45, 2.75) is 6.42 Å². The molecule has 0 aromatic carbocycles. The summed E-state index contributed by atoms with van der Waals surface area (Å²) in [5.41, 5.74) is 5.23. The molecule has 1 aromatic heterocycles. The first-order valence-electron chi connectivity index (χ1n) is 5.67. The van der Waals surface area contributed by atoms with Crippen molar-refractivity contribution in [3.05, 3.63) is 28.2 Å². The van der Waals surface area contributed by atoms with Gasteiger partial charge in [0.05, 0.1) is 11.6 Å². The number of nitrogens with one attached hydrogen (secondary N) is 1. The number of rotatable bonds is 7. The third kappa shape index (κ3) is 5.14. The zero-order chi connectivity index (χ0) is 14.3. The van der Waals surface area contributed by atoms with Gasteiger partial charge in [0, 0.05) is 32.7 Å². The Morgan fingerprint density at radius 1 is 1.53 bits per heavy atom. The summed E-state index contributed by atoms with van der Waals surface area (Å²) in [4.78, 5) is 24.9. The van der Waals surface area contributed by atoms with E-state index in [4.69, 9.17) is 22.7 Å². The number of methoxy groups -OCH3 is 1. The van der Waals surface area contributed by atoms with Crippen LogP contribution in [0.5, 0.6) is 0 Å². The van der Waals surface area contributed by atoms with E-state index in [0.717, 1.165) is 0 Å². The molecule has 1 amide bonds. The van der Waals surface area contributed by atoms with Gasteiger partial charge in [0.15, 0.2) is 0 Å². The van der Waals surface area contributed by atoms with Crippen molar-refractivity contribution in [3.63, 3.8) is 0 Å². The average Bonchev–Trinajstić information content (AvgIpc) is 2.39. The number of H-pyrrole nitrogens is 1. The standard InChI is InChI=1S/C11H16N4O3S/c1-18-7-6-15(5-4-9(12)19)11(17)8-2-3-10(16)14-13-8/h2-3H,4-7H2,1H3,(H2,12,19)(H,14,16). The molecule has 7 nitrogen and oxygen atoms in total. The summed E-state index contributed by atoms with van der Waals surface area (Å²) in [6.07, 6.45) is 0.425. The fourth-order valence-corrected chi connectivity index (χ4v) is 1.48. The number of thiocarbonyl (C=S) groups is 1. The summed E-state index contributed by atoms with van der Waals surface area (Å²) < 4.78 is 4.95. The van der Waals surface area contributed by atoms with E-state index in [9.17, 15) is 9.59 Å². The molecule has 0 aliphatic heterocycles. The number of hydrogen-bond donors (Lipinski definition) is 2. The van der Waals surface area contributed by atoms with Crippen LogP contribution in [0.3, 0.4) is 0 Å². The van der Waals surface area contributed by atoms with Crippen molar-refractivity contribution in [1.82, 2.24) is 15.1 Å². The third-order valence-corrected chi connectivity index (χ3v) is 2.58. The van der Waals surface area contributed by atoms with Crippen LogP contribution in [0.4, 0.5) is 0 Å². The Balaban J connectivity index is 2.77. The Kier molecular flexibility index (Phi) is 6.10. The van der Waals surface area contributed by atoms with Gasteiger partial charge in [-0.05, 0) is 6.07 Å². The maximum Gasteiger partial charge on any atom is 0.274 e. The van der Waals surface area contributed by atoms with Gasteiger partial charge in [0.1, 0.15) is 5.69 Å². The van der Waals surface area contributed by atoms with Gasteiger partial charge in [-0.1, -0.05) is 12.2 Å². The first-order chi connectivity index (χ1) is 9.04. The highest BCUT2D eigenvalue weighted by atomic mass is 32.1. The van der Waals surface area contributed by atoms with Gasteiger partial charge in [-0.3, -0.25) is 9.59 Å². The van der Waals surface area contributed by atoms with E-state index >= 15 is 0 Å². The van der Waals surface area contributed by atoms with Gasteiger partial charge in [0.2, 0.25) is 0 Å². The van der Waals surface area contributed by atoms with Gasteiger partial charge in [-0.2, -0.15) is 5.10 Å². The predicted octanol–water partition coefficient (Wildman–Crippen LogP) is -0.465. The second-order valence-electron chi connectivity index (χ2n) is 3.81. The number of carbonyl (C=O) groups excluding carboxylic acids is 1. The van der Waals surface area contributed by atoms with Crippen molar-refractivity contribution in [2.24, 2.45) is 5.73 Å². The normalized spacial score (nSPS) is 10.2. The highest BCUT2D eigenvalue weighted by molar-refractivity contribution is 7.80. The van der Waals surface area contributed by atoms with Crippen LogP contribution >= 0.6 is 12.2 Å². The summed E-state index contributed by atoms with van der Waals surface area (Å²) in [6, 6.07) is 2.63. The molecule has 0 aliphatic rings. The van der Waals surface area contributed by atoms with Crippen LogP contribution in [0, 0.1) is 0 Å². The first-order valence-corrected chi connectivity index (χ1v) is 6.07. The number of ether oxygens (including phenoxy) is 1. The SMILES string of the molecule is COCCN(CCC(N)=S)C(=O)c1ccc(=O)[nH]n1. The number of nitrogens with two attached hydrogens (primary N) is 1. The number of nitrogens with zero attached hydrogens (tertiary/aromatic N) is 2. The second-order valence-corrected chi connectivity index (χ2v) is 4.33. The van der Waals surface area contributed by atoms with Crippen LogP contribution in [0.1, 0.15) is 16.9 Å². The molecule has 0 aliphatic carbocycles. The molecule has 19 heavy (non-hydrogen) atoms. The largest absolute Gasteiger partial charge is 0.393 e. The molecule has 0 saturated heterocycles. The average molecular weight is 284 g/mol. The molecular weight excluding hydrogens is 268 g/mol. The lowest BCUT2D eigenvalue weighted by Crippen LogP contribution is -2.37. The molecule has 3 N–H and O–H groups in total. The van der Waals surface area contributed by atoms with Crippen LogP contribution in [0.25, 0.3) is 0 Å². The number of hydrogen-bond acceptors (Lipinski definition) is 5. The fourth-order valence-electron chi connectivity index (χ4n) is 1.39. The maximum absolute atomic E-state index is 12.2. The van der Waals surface area contributed by atoms with Crippen LogP contribution in [0.2, 0.25) is 0 Å². The Morgan fingerprint density at radius 3 is 2.79 bits per heavy atom. The number of carbonyl (C=O) groups is 1. The molecule has 0 bridgehead atoms. The molecule has 0 fully saturated rings. The van der Waals surface area contributed by atoms with Crippen LogP contribution < -0.4 is 11.3 Å². The zero-order valence-electron chi connectivity index (χ0n) is 10.6. The van der Waals surface area contributed by atoms with E-state index in [2.05, 4.69) is 10.2 Å². The minimum Gasteiger partial charge on any atom is -0.393 e. The van der Waals surface area contributed by atoms with Crippen molar-refractivity contribution >= 4 is 23.1 Å². The summed E-state index contributed by atoms with van der Waals surface area (Å²) in [6.45, 7) is 1.18. The van der Waals surface area contributed by atoms with Crippen molar-refractivity contribution in [1.29, 1.82) is 0 Å². The lowest BCUT2D eigenvalue weighted by atomic mass is 10.3. The highest BCUT2D eigenvalue weighted by Crippen LogP contribution is 2.01. The van der Waals surface area contributed by atoms with E-state index in [1.54, 1.807) is 7.11 Å². The lowest BCUT2D eigenvalue weighted by molar-refractivity contribution is 0.0694. The van der Waals surface area contributed by atoms with E-state index in [1.807, 2.05) is 0 Å². The quantitative estimate of drug-likeness (QED) is 0.657. The molecule has 0 saturated carbocycles. The molecule has 1 rings (SSSR count). The molecule has 0 unspecified atom stereocenters. The minimum absolute atomic E-state index is 0.165. The lowest BCUT2D eigenvalue weighted by Gasteiger charge is -2.21. The monoisotopic (exact) mass is 284 g/mol. The molecule has 0 spiro atoms. The Labute approximate surface area is 115 Å². The van der Waals surface area contributed by atoms with Crippen molar-refractivity contribution in [3.8, 4) is 0 Å². The summed E-state index contributed by atoms with van der Waals surface area (Å²) >= 11 is 4.79. The molecular formula is C11H16N4O3S. The summed E-state index contributed by atoms with van der Waals surface area (Å²) in [5.74, 6) is -0.301. The van der Waals surface area contributed by atoms with Gasteiger partial charge in [-0.15, -0.1) is 0 Å². The topological polar surface area (TPSA) is 101 Å². The number of aromatic nitrogens is 2. The van der Waals surface area contributed by atoms with Crippen LogP contribution in [-0.2, 0) is 4.74 Å². The minimum atomic E-state index is -0.358. The molecule has 0 atom stereocenters.